The normalized spacial score (nSPS) is 16.3. The number of allylic oxidation sites excluding steroid dienone is 5. The highest BCUT2D eigenvalue weighted by Crippen LogP contribution is 2.33. The number of aliphatic carboxylic acids is 1. The predicted molar refractivity (Wildman–Crippen MR) is 131 cm³/mol. The summed E-state index contributed by atoms with van der Waals surface area (Å²) >= 11 is 0. The Morgan fingerprint density at radius 2 is 2.12 bits per heavy atom. The molecular formula is C27H32N2O5. The average molecular weight is 465 g/mol. The number of ether oxygens (including phenoxy) is 1. The molecule has 0 aliphatic carbocycles. The van der Waals surface area contributed by atoms with Gasteiger partial charge in [0.2, 0.25) is 11.8 Å². The summed E-state index contributed by atoms with van der Waals surface area (Å²) in [5.41, 5.74) is 3.34. The standard InChI is InChI=1S/C27H32N2O5/c1-5-7-8-10-24(30)29-15-13-20-11-12-21(17-22(20)25(29)27(31)32)33-16-14-23-19(4)34-26(28-23)18(3)9-6-2/h5,7-12,17,25H,6,13-16H2,1-4H3,(H,31,32)/b7-5?,10-8?,18-9+. The minimum Gasteiger partial charge on any atom is -0.493 e. The van der Waals surface area contributed by atoms with E-state index in [2.05, 4.69) is 18.0 Å². The Bertz CT molecular complexity index is 1130. The van der Waals surface area contributed by atoms with Crippen molar-refractivity contribution in [2.75, 3.05) is 13.2 Å². The molecule has 34 heavy (non-hydrogen) atoms. The number of carboxylic acids is 1. The van der Waals surface area contributed by atoms with E-state index < -0.39 is 12.0 Å². The molecule has 7 heteroatoms. The van der Waals surface area contributed by atoms with Crippen LogP contribution in [-0.4, -0.2) is 40.0 Å². The Morgan fingerprint density at radius 3 is 2.82 bits per heavy atom. The molecule has 180 valence electrons. The first-order chi connectivity index (χ1) is 16.3. The van der Waals surface area contributed by atoms with Gasteiger partial charge in [0.1, 0.15) is 11.5 Å². The van der Waals surface area contributed by atoms with Gasteiger partial charge >= 0.3 is 5.97 Å². The van der Waals surface area contributed by atoms with Crippen LogP contribution in [0.25, 0.3) is 5.57 Å². The molecule has 0 fully saturated rings. The summed E-state index contributed by atoms with van der Waals surface area (Å²) < 4.78 is 11.7. The van der Waals surface area contributed by atoms with Crippen molar-refractivity contribution in [2.45, 2.75) is 53.0 Å². The predicted octanol–water partition coefficient (Wildman–Crippen LogP) is 5.06. The van der Waals surface area contributed by atoms with Crippen molar-refractivity contribution >= 4 is 17.4 Å². The van der Waals surface area contributed by atoms with Crippen LogP contribution < -0.4 is 4.74 Å². The highest BCUT2D eigenvalue weighted by atomic mass is 16.5. The number of aromatic nitrogens is 1. The second-order valence-corrected chi connectivity index (χ2v) is 8.18. The Morgan fingerprint density at radius 1 is 1.32 bits per heavy atom. The Labute approximate surface area is 200 Å². The second kappa shape index (κ2) is 11.5. The summed E-state index contributed by atoms with van der Waals surface area (Å²) in [6.45, 7) is 8.50. The summed E-state index contributed by atoms with van der Waals surface area (Å²) in [6.07, 6.45) is 10.7. The van der Waals surface area contributed by atoms with Gasteiger partial charge in [-0.15, -0.1) is 0 Å². The van der Waals surface area contributed by atoms with Gasteiger partial charge in [-0.25, -0.2) is 9.78 Å². The highest BCUT2D eigenvalue weighted by Gasteiger charge is 2.35. The minimum atomic E-state index is -1.06. The molecule has 1 aromatic heterocycles. The Hall–Kier alpha value is -3.61. The number of rotatable bonds is 9. The molecule has 1 amide bonds. The monoisotopic (exact) mass is 464 g/mol. The summed E-state index contributed by atoms with van der Waals surface area (Å²) in [5, 5.41) is 9.91. The quantitative estimate of drug-likeness (QED) is 0.412. The minimum absolute atomic E-state index is 0.327. The summed E-state index contributed by atoms with van der Waals surface area (Å²) in [7, 11) is 0. The van der Waals surface area contributed by atoms with Crippen molar-refractivity contribution in [2.24, 2.45) is 0 Å². The first-order valence-corrected chi connectivity index (χ1v) is 11.6. The number of carboxylic acid groups (broad SMARTS) is 1. The Balaban J connectivity index is 1.73. The van der Waals surface area contributed by atoms with Crippen molar-refractivity contribution in [3.63, 3.8) is 0 Å². The van der Waals surface area contributed by atoms with Gasteiger partial charge in [-0.3, -0.25) is 4.79 Å². The molecule has 3 rings (SSSR count). The van der Waals surface area contributed by atoms with E-state index in [0.717, 1.165) is 29.0 Å². The van der Waals surface area contributed by atoms with E-state index >= 15 is 0 Å². The van der Waals surface area contributed by atoms with E-state index in [1.54, 1.807) is 24.3 Å². The van der Waals surface area contributed by atoms with E-state index in [4.69, 9.17) is 9.15 Å². The van der Waals surface area contributed by atoms with Gasteiger partial charge in [0.15, 0.2) is 6.04 Å². The van der Waals surface area contributed by atoms with Crippen LogP contribution in [0.3, 0.4) is 0 Å². The lowest BCUT2D eigenvalue weighted by Crippen LogP contribution is -2.42. The molecule has 1 N–H and O–H groups in total. The number of amides is 1. The first-order valence-electron chi connectivity index (χ1n) is 11.6. The maximum absolute atomic E-state index is 12.6. The topological polar surface area (TPSA) is 92.9 Å². The molecule has 7 nitrogen and oxygen atoms in total. The molecule has 1 aromatic carbocycles. The van der Waals surface area contributed by atoms with E-state index in [1.807, 2.05) is 32.9 Å². The van der Waals surface area contributed by atoms with Gasteiger partial charge in [-0.05, 0) is 56.9 Å². The maximum atomic E-state index is 12.6. The lowest BCUT2D eigenvalue weighted by Gasteiger charge is -2.34. The SMILES string of the molecule is CC=CC=CC(=O)N1CCc2ccc(OCCc3nc(/C(C)=C/CC)oc3C)cc2C1C(=O)O. The van der Waals surface area contributed by atoms with Crippen LogP contribution in [0.15, 0.2) is 53.0 Å². The molecule has 0 bridgehead atoms. The number of hydrogen-bond acceptors (Lipinski definition) is 5. The number of aryl methyl sites for hydroxylation is 1. The van der Waals surface area contributed by atoms with Crippen LogP contribution in [0.4, 0.5) is 0 Å². The zero-order chi connectivity index (χ0) is 24.7. The Kier molecular flexibility index (Phi) is 8.46. The summed E-state index contributed by atoms with van der Waals surface area (Å²) in [5.74, 6) is 0.561. The fourth-order valence-corrected chi connectivity index (χ4v) is 4.02. The van der Waals surface area contributed by atoms with Gasteiger partial charge in [0.25, 0.3) is 0 Å². The van der Waals surface area contributed by atoms with Crippen molar-refractivity contribution in [1.29, 1.82) is 0 Å². The molecule has 2 aromatic rings. The van der Waals surface area contributed by atoms with E-state index in [9.17, 15) is 14.7 Å². The van der Waals surface area contributed by atoms with Crippen molar-refractivity contribution in [3.05, 3.63) is 77.1 Å². The molecule has 1 aliphatic heterocycles. The van der Waals surface area contributed by atoms with Gasteiger partial charge in [-0.1, -0.05) is 37.3 Å². The number of oxazole rings is 1. The maximum Gasteiger partial charge on any atom is 0.331 e. The number of carbonyl (C=O) groups is 2. The van der Waals surface area contributed by atoms with Crippen LogP contribution >= 0.6 is 0 Å². The average Bonchev–Trinajstić information content (AvgIpc) is 3.18. The number of fused-ring (bicyclic) bond motifs is 1. The van der Waals surface area contributed by atoms with Crippen LogP contribution in [-0.2, 0) is 22.4 Å². The van der Waals surface area contributed by atoms with Gasteiger partial charge in [-0.2, -0.15) is 0 Å². The summed E-state index contributed by atoms with van der Waals surface area (Å²) in [6, 6.07) is 4.41. The molecule has 1 atom stereocenters. The molecule has 0 saturated heterocycles. The van der Waals surface area contributed by atoms with Crippen molar-refractivity contribution in [3.8, 4) is 5.75 Å². The fraction of sp³-hybridized carbons (Fsp3) is 0.370. The lowest BCUT2D eigenvalue weighted by atomic mass is 9.92. The molecule has 0 spiro atoms. The van der Waals surface area contributed by atoms with Crippen molar-refractivity contribution in [1.82, 2.24) is 9.88 Å². The van der Waals surface area contributed by atoms with Gasteiger partial charge in [0.05, 0.1) is 12.3 Å². The van der Waals surface area contributed by atoms with Gasteiger partial charge < -0.3 is 19.2 Å². The second-order valence-electron chi connectivity index (χ2n) is 8.18. The number of nitrogens with zero attached hydrogens (tertiary/aromatic N) is 2. The van der Waals surface area contributed by atoms with Crippen LogP contribution in [0.5, 0.6) is 5.75 Å². The van der Waals surface area contributed by atoms with Crippen molar-refractivity contribution < 1.29 is 23.8 Å². The largest absolute Gasteiger partial charge is 0.493 e. The molecule has 0 radical (unpaired) electrons. The molecule has 0 saturated carbocycles. The number of hydrogen-bond donors (Lipinski definition) is 1. The van der Waals surface area contributed by atoms with E-state index in [0.29, 0.717) is 43.2 Å². The van der Waals surface area contributed by atoms with E-state index in [-0.39, 0.29) is 5.91 Å². The molecule has 2 heterocycles. The summed E-state index contributed by atoms with van der Waals surface area (Å²) in [4.78, 5) is 30.7. The van der Waals surface area contributed by atoms with E-state index in [1.165, 1.54) is 11.0 Å². The first kappa shape index (κ1) is 25.0. The highest BCUT2D eigenvalue weighted by molar-refractivity contribution is 5.92. The molecular weight excluding hydrogens is 432 g/mol. The van der Waals surface area contributed by atoms with Gasteiger partial charge in [0, 0.05) is 24.6 Å². The van der Waals surface area contributed by atoms with Crippen LogP contribution in [0.1, 0.15) is 61.7 Å². The van der Waals surface area contributed by atoms with Crippen LogP contribution in [0.2, 0.25) is 0 Å². The lowest BCUT2D eigenvalue weighted by molar-refractivity contribution is -0.149. The smallest absolute Gasteiger partial charge is 0.331 e. The molecule has 1 aliphatic rings. The fourth-order valence-electron chi connectivity index (χ4n) is 4.02. The number of benzene rings is 1. The zero-order valence-electron chi connectivity index (χ0n) is 20.2. The zero-order valence-corrected chi connectivity index (χ0v) is 20.2. The number of carbonyl (C=O) groups excluding carboxylic acids is 1. The van der Waals surface area contributed by atoms with Crippen LogP contribution in [0, 0.1) is 6.92 Å². The third-order valence-electron chi connectivity index (χ3n) is 5.75. The third kappa shape index (κ3) is 5.84. The third-order valence-corrected chi connectivity index (χ3v) is 5.75. The molecule has 1 unspecified atom stereocenters.